The van der Waals surface area contributed by atoms with Gasteiger partial charge in [0.2, 0.25) is 0 Å². The standard InChI is InChI=1S/C7H15N3O3/c1-5(11)4-9-7(2,13)10-6(12)8-3/h9,13H,4H2,1-3H3,(H2,8,10,12). The number of amides is 2. The Bertz CT molecular complexity index is 203. The number of hydrogen-bond donors (Lipinski definition) is 4. The molecule has 2 amide bonds. The Balaban J connectivity index is 3.92. The second kappa shape index (κ2) is 4.78. The molecule has 76 valence electrons. The lowest BCUT2D eigenvalue weighted by molar-refractivity contribution is -0.118. The lowest BCUT2D eigenvalue weighted by Crippen LogP contribution is -2.59. The van der Waals surface area contributed by atoms with E-state index < -0.39 is 11.9 Å². The number of Topliss-reactive ketones (excluding diaryl/α,β-unsaturated/α-hetero) is 1. The van der Waals surface area contributed by atoms with Gasteiger partial charge in [-0.1, -0.05) is 0 Å². The van der Waals surface area contributed by atoms with Crippen molar-refractivity contribution in [2.75, 3.05) is 13.6 Å². The molecule has 0 bridgehead atoms. The second-order valence-electron chi connectivity index (χ2n) is 2.83. The van der Waals surface area contributed by atoms with Crippen molar-refractivity contribution in [2.24, 2.45) is 0 Å². The quantitative estimate of drug-likeness (QED) is 0.416. The Morgan fingerprint density at radius 2 is 2.00 bits per heavy atom. The van der Waals surface area contributed by atoms with Crippen molar-refractivity contribution in [1.29, 1.82) is 0 Å². The fourth-order valence-corrected chi connectivity index (χ4v) is 0.624. The lowest BCUT2D eigenvalue weighted by Gasteiger charge is -2.25. The predicted octanol–water partition coefficient (Wildman–Crippen LogP) is -1.24. The summed E-state index contributed by atoms with van der Waals surface area (Å²) < 4.78 is 0. The van der Waals surface area contributed by atoms with E-state index in [-0.39, 0.29) is 12.3 Å². The maximum Gasteiger partial charge on any atom is 0.317 e. The Hall–Kier alpha value is -1.14. The van der Waals surface area contributed by atoms with Crippen LogP contribution < -0.4 is 16.0 Å². The number of nitrogens with one attached hydrogen (secondary N) is 3. The predicted molar refractivity (Wildman–Crippen MR) is 46.9 cm³/mol. The van der Waals surface area contributed by atoms with Crippen LogP contribution in [0.2, 0.25) is 0 Å². The Morgan fingerprint density at radius 3 is 2.38 bits per heavy atom. The molecule has 0 heterocycles. The maximum atomic E-state index is 10.8. The number of carbonyl (C=O) groups excluding carboxylic acids is 2. The van der Waals surface area contributed by atoms with Gasteiger partial charge in [-0.15, -0.1) is 0 Å². The molecule has 0 aliphatic rings. The molecule has 0 aliphatic carbocycles. The van der Waals surface area contributed by atoms with Crippen LogP contribution in [0.3, 0.4) is 0 Å². The molecular weight excluding hydrogens is 174 g/mol. The Kier molecular flexibility index (Phi) is 4.36. The summed E-state index contributed by atoms with van der Waals surface area (Å²) in [6.45, 7) is 2.71. The summed E-state index contributed by atoms with van der Waals surface area (Å²) in [5.41, 5.74) is 0. The molecule has 0 fully saturated rings. The number of urea groups is 1. The van der Waals surface area contributed by atoms with Crippen LogP contribution >= 0.6 is 0 Å². The molecule has 0 spiro atoms. The summed E-state index contributed by atoms with van der Waals surface area (Å²) >= 11 is 0. The number of rotatable bonds is 4. The molecule has 1 unspecified atom stereocenters. The van der Waals surface area contributed by atoms with Crippen molar-refractivity contribution in [1.82, 2.24) is 16.0 Å². The smallest absolute Gasteiger partial charge is 0.317 e. The topological polar surface area (TPSA) is 90.5 Å². The van der Waals surface area contributed by atoms with Crippen molar-refractivity contribution >= 4 is 11.8 Å². The van der Waals surface area contributed by atoms with Gasteiger partial charge in [0.25, 0.3) is 0 Å². The van der Waals surface area contributed by atoms with Crippen LogP contribution in [-0.2, 0) is 4.79 Å². The molecule has 0 rings (SSSR count). The van der Waals surface area contributed by atoms with Gasteiger partial charge in [0.15, 0.2) is 5.85 Å². The van der Waals surface area contributed by atoms with Crippen LogP contribution in [0.4, 0.5) is 4.79 Å². The van der Waals surface area contributed by atoms with E-state index in [1.807, 2.05) is 0 Å². The SMILES string of the molecule is CNC(=O)NC(C)(O)NCC(C)=O. The third-order valence-corrected chi connectivity index (χ3v) is 1.27. The number of aliphatic hydroxyl groups is 1. The van der Waals surface area contributed by atoms with Crippen LogP contribution in [0.1, 0.15) is 13.8 Å². The third-order valence-electron chi connectivity index (χ3n) is 1.27. The van der Waals surface area contributed by atoms with E-state index in [0.29, 0.717) is 0 Å². The molecule has 0 radical (unpaired) electrons. The van der Waals surface area contributed by atoms with Gasteiger partial charge in [-0.3, -0.25) is 15.4 Å². The Labute approximate surface area is 76.7 Å². The van der Waals surface area contributed by atoms with Gasteiger partial charge in [0, 0.05) is 7.05 Å². The molecule has 0 aromatic rings. The summed E-state index contributed by atoms with van der Waals surface area (Å²) in [5, 5.41) is 16.4. The van der Waals surface area contributed by atoms with Crippen molar-refractivity contribution in [2.45, 2.75) is 19.7 Å². The zero-order valence-corrected chi connectivity index (χ0v) is 7.97. The van der Waals surface area contributed by atoms with E-state index in [2.05, 4.69) is 16.0 Å². The molecule has 0 aromatic heterocycles. The normalized spacial score (nSPS) is 14.5. The molecule has 0 saturated heterocycles. The second-order valence-corrected chi connectivity index (χ2v) is 2.83. The molecule has 4 N–H and O–H groups in total. The highest BCUT2D eigenvalue weighted by atomic mass is 16.3. The monoisotopic (exact) mass is 189 g/mol. The van der Waals surface area contributed by atoms with E-state index >= 15 is 0 Å². The van der Waals surface area contributed by atoms with E-state index in [1.54, 1.807) is 0 Å². The van der Waals surface area contributed by atoms with Crippen molar-refractivity contribution in [3.05, 3.63) is 0 Å². The average molecular weight is 189 g/mol. The van der Waals surface area contributed by atoms with Crippen LogP contribution in [0.5, 0.6) is 0 Å². The zero-order valence-electron chi connectivity index (χ0n) is 7.97. The first-order chi connectivity index (χ1) is 5.87. The molecule has 0 saturated carbocycles. The minimum atomic E-state index is -1.58. The van der Waals surface area contributed by atoms with Crippen LogP contribution in [0.25, 0.3) is 0 Å². The Morgan fingerprint density at radius 1 is 1.46 bits per heavy atom. The summed E-state index contributed by atoms with van der Waals surface area (Å²) in [7, 11) is 1.43. The van der Waals surface area contributed by atoms with Crippen molar-refractivity contribution in [3.8, 4) is 0 Å². The first-order valence-electron chi connectivity index (χ1n) is 3.84. The van der Waals surface area contributed by atoms with Crippen molar-refractivity contribution in [3.63, 3.8) is 0 Å². The molecular formula is C7H15N3O3. The fraction of sp³-hybridized carbons (Fsp3) is 0.714. The van der Waals surface area contributed by atoms with Crippen molar-refractivity contribution < 1.29 is 14.7 Å². The largest absolute Gasteiger partial charge is 0.359 e. The summed E-state index contributed by atoms with van der Waals surface area (Å²) in [4.78, 5) is 21.3. The van der Waals surface area contributed by atoms with Gasteiger partial charge >= 0.3 is 6.03 Å². The number of ketones is 1. The molecule has 0 aliphatic heterocycles. The fourth-order valence-electron chi connectivity index (χ4n) is 0.624. The van der Waals surface area contributed by atoms with Crippen LogP contribution in [-0.4, -0.2) is 36.4 Å². The third kappa shape index (κ3) is 6.06. The van der Waals surface area contributed by atoms with Gasteiger partial charge in [0.05, 0.1) is 6.54 Å². The first kappa shape index (κ1) is 11.9. The van der Waals surface area contributed by atoms with Gasteiger partial charge < -0.3 is 10.4 Å². The highest BCUT2D eigenvalue weighted by molar-refractivity contribution is 5.78. The summed E-state index contributed by atoms with van der Waals surface area (Å²) in [5.74, 6) is -1.70. The minimum absolute atomic E-state index is 0.00298. The lowest BCUT2D eigenvalue weighted by atomic mass is 10.4. The van der Waals surface area contributed by atoms with Gasteiger partial charge in [-0.05, 0) is 13.8 Å². The van der Waals surface area contributed by atoms with Gasteiger partial charge in [-0.25, -0.2) is 4.79 Å². The van der Waals surface area contributed by atoms with Gasteiger partial charge in [0.1, 0.15) is 5.78 Å². The first-order valence-corrected chi connectivity index (χ1v) is 3.84. The summed E-state index contributed by atoms with van der Waals surface area (Å²) in [6, 6.07) is -0.527. The van der Waals surface area contributed by atoms with E-state index in [1.165, 1.54) is 20.9 Å². The average Bonchev–Trinajstić information content (AvgIpc) is 2.00. The molecule has 1 atom stereocenters. The highest BCUT2D eigenvalue weighted by Gasteiger charge is 2.21. The zero-order chi connectivity index (χ0) is 10.5. The van der Waals surface area contributed by atoms with Gasteiger partial charge in [-0.2, -0.15) is 0 Å². The molecule has 13 heavy (non-hydrogen) atoms. The van der Waals surface area contributed by atoms with E-state index in [9.17, 15) is 14.7 Å². The van der Waals surface area contributed by atoms with E-state index in [0.717, 1.165) is 0 Å². The molecule has 0 aromatic carbocycles. The highest BCUT2D eigenvalue weighted by Crippen LogP contribution is 1.90. The minimum Gasteiger partial charge on any atom is -0.359 e. The summed E-state index contributed by atoms with van der Waals surface area (Å²) in [6.07, 6.45) is 0. The van der Waals surface area contributed by atoms with Crippen LogP contribution in [0, 0.1) is 0 Å². The van der Waals surface area contributed by atoms with Crippen LogP contribution in [0.15, 0.2) is 0 Å². The number of hydrogen-bond acceptors (Lipinski definition) is 4. The number of carbonyl (C=O) groups is 2. The maximum absolute atomic E-state index is 10.8. The molecule has 6 heteroatoms. The van der Waals surface area contributed by atoms with E-state index in [4.69, 9.17) is 0 Å². The molecule has 6 nitrogen and oxygen atoms in total.